The molecule has 1 aliphatic rings. The molecule has 7 nitrogen and oxygen atoms in total. The van der Waals surface area contributed by atoms with Gasteiger partial charge in [-0.2, -0.15) is 5.10 Å². The number of nitrogens with zero attached hydrogens (tertiary/aromatic N) is 4. The number of rotatable bonds is 7. The van der Waals surface area contributed by atoms with Crippen molar-refractivity contribution in [2.75, 3.05) is 11.9 Å². The molecule has 2 N–H and O–H groups in total. The molecule has 1 aliphatic carbocycles. The van der Waals surface area contributed by atoms with Gasteiger partial charge in [0.1, 0.15) is 28.6 Å². The first-order chi connectivity index (χ1) is 14.9. The number of nitrogens with one attached hydrogen (secondary N) is 1. The number of hydrogen-bond donors (Lipinski definition) is 2. The number of aromatic nitrogens is 4. The van der Waals surface area contributed by atoms with Crippen LogP contribution in [0.3, 0.4) is 0 Å². The molecule has 0 aliphatic heterocycles. The highest BCUT2D eigenvalue weighted by atomic mass is 35.5. The van der Waals surface area contributed by atoms with Crippen LogP contribution < -0.4 is 5.32 Å². The van der Waals surface area contributed by atoms with Crippen molar-refractivity contribution in [3.05, 3.63) is 69.9 Å². The van der Waals surface area contributed by atoms with E-state index in [9.17, 15) is 9.90 Å². The molecule has 0 unspecified atom stereocenters. The van der Waals surface area contributed by atoms with Crippen LogP contribution in [0.2, 0.25) is 10.2 Å². The van der Waals surface area contributed by atoms with Crippen molar-refractivity contribution in [1.82, 2.24) is 19.7 Å². The van der Waals surface area contributed by atoms with Crippen LogP contribution in [-0.2, 0) is 6.54 Å². The van der Waals surface area contributed by atoms with Crippen molar-refractivity contribution in [2.45, 2.75) is 32.4 Å². The molecule has 3 aromatic rings. The second-order valence-corrected chi connectivity index (χ2v) is 8.77. The Morgan fingerprint density at radius 3 is 2.84 bits per heavy atom. The second kappa shape index (κ2) is 9.34. The number of aliphatic hydroxyl groups excluding tert-OH is 1. The molecule has 1 fully saturated rings. The third-order valence-electron chi connectivity index (χ3n) is 5.76. The summed E-state index contributed by atoms with van der Waals surface area (Å²) < 4.78 is 1.67. The molecule has 0 spiro atoms. The first-order valence-corrected chi connectivity index (χ1v) is 10.9. The highest BCUT2D eigenvalue weighted by molar-refractivity contribution is 6.34. The quantitative estimate of drug-likeness (QED) is 0.408. The lowest BCUT2D eigenvalue weighted by Crippen LogP contribution is -2.20. The number of benzene rings is 1. The van der Waals surface area contributed by atoms with E-state index in [2.05, 4.69) is 27.3 Å². The third kappa shape index (κ3) is 4.89. The van der Waals surface area contributed by atoms with Crippen LogP contribution >= 0.6 is 23.2 Å². The summed E-state index contributed by atoms with van der Waals surface area (Å²) in [5, 5.41) is 18.0. The molecule has 0 radical (unpaired) electrons. The van der Waals surface area contributed by atoms with Crippen molar-refractivity contribution in [2.24, 2.45) is 11.8 Å². The highest BCUT2D eigenvalue weighted by Gasteiger charge is 2.32. The topological polar surface area (TPSA) is 92.9 Å². The maximum Gasteiger partial charge on any atom is 0.220 e. The van der Waals surface area contributed by atoms with E-state index >= 15 is 0 Å². The normalized spacial score (nSPS) is 20.7. The van der Waals surface area contributed by atoms with Gasteiger partial charge in [-0.1, -0.05) is 42.3 Å². The molecule has 2 heterocycles. The minimum absolute atomic E-state index is 0.0802. The van der Waals surface area contributed by atoms with Gasteiger partial charge in [0.05, 0.1) is 6.54 Å². The van der Waals surface area contributed by atoms with Gasteiger partial charge in [0.25, 0.3) is 0 Å². The van der Waals surface area contributed by atoms with E-state index in [0.717, 1.165) is 18.4 Å². The van der Waals surface area contributed by atoms with Gasteiger partial charge in [-0.05, 0) is 48.4 Å². The number of halogens is 2. The van der Waals surface area contributed by atoms with Gasteiger partial charge in [-0.3, -0.25) is 9.48 Å². The van der Waals surface area contributed by atoms with E-state index in [0.29, 0.717) is 23.3 Å². The van der Waals surface area contributed by atoms with E-state index in [4.69, 9.17) is 23.2 Å². The average molecular weight is 460 g/mol. The van der Waals surface area contributed by atoms with Crippen LogP contribution in [-0.4, -0.2) is 43.3 Å². The van der Waals surface area contributed by atoms with Gasteiger partial charge < -0.3 is 10.4 Å². The molecule has 2 aromatic heterocycles. The average Bonchev–Trinajstić information content (AvgIpc) is 3.34. The number of ketones is 1. The lowest BCUT2D eigenvalue weighted by Gasteiger charge is -2.16. The lowest BCUT2D eigenvalue weighted by molar-refractivity contribution is 0.103. The van der Waals surface area contributed by atoms with E-state index in [-0.39, 0.29) is 40.8 Å². The molecule has 4 rings (SSSR count). The smallest absolute Gasteiger partial charge is 0.220 e. The molecule has 31 heavy (non-hydrogen) atoms. The number of carbonyl (C=O) groups excluding carboxylic acids is 1. The second-order valence-electron chi connectivity index (χ2n) is 7.98. The molecular formula is C22H23Cl2N5O2. The number of hydrogen-bond acceptors (Lipinski definition) is 6. The fourth-order valence-corrected chi connectivity index (χ4v) is 4.53. The molecule has 0 saturated heterocycles. The van der Waals surface area contributed by atoms with Crippen LogP contribution in [0, 0.1) is 11.8 Å². The molecular weight excluding hydrogens is 437 g/mol. The predicted octanol–water partition coefficient (Wildman–Crippen LogP) is 4.08. The van der Waals surface area contributed by atoms with Crippen molar-refractivity contribution in [3.8, 4) is 0 Å². The standard InChI is InChI=1S/C22H23Cl2N5O2/c1-13-7-17(9-15(13)11-30)27-22-19(21(24)25-12-26-22)20(31)18-5-6-29(28-18)10-14-3-2-4-16(23)8-14/h2-6,8,12-13,15,17,30H,7,9-11H2,1H3,(H,25,26,27)/t13-,15+,17-/m0/s1. The van der Waals surface area contributed by atoms with Gasteiger partial charge >= 0.3 is 0 Å². The molecule has 0 bridgehead atoms. The van der Waals surface area contributed by atoms with Crippen LogP contribution in [0.25, 0.3) is 0 Å². The van der Waals surface area contributed by atoms with Gasteiger partial charge in [0, 0.05) is 23.9 Å². The first-order valence-electron chi connectivity index (χ1n) is 10.1. The van der Waals surface area contributed by atoms with E-state index in [1.54, 1.807) is 16.9 Å². The zero-order chi connectivity index (χ0) is 22.0. The summed E-state index contributed by atoms with van der Waals surface area (Å²) in [5.74, 6) is 0.671. The molecule has 162 valence electrons. The molecule has 1 saturated carbocycles. The van der Waals surface area contributed by atoms with Crippen molar-refractivity contribution in [1.29, 1.82) is 0 Å². The summed E-state index contributed by atoms with van der Waals surface area (Å²) in [5.41, 5.74) is 1.44. The molecule has 9 heteroatoms. The summed E-state index contributed by atoms with van der Waals surface area (Å²) >= 11 is 12.3. The Morgan fingerprint density at radius 1 is 1.26 bits per heavy atom. The SMILES string of the molecule is C[C@H]1C[C@H](Nc2ncnc(Cl)c2C(=O)c2ccn(Cc3cccc(Cl)c3)n2)C[C@@H]1CO. The Kier molecular flexibility index (Phi) is 6.55. The summed E-state index contributed by atoms with van der Waals surface area (Å²) in [4.78, 5) is 21.5. The van der Waals surface area contributed by atoms with E-state index in [1.807, 2.05) is 24.3 Å². The van der Waals surface area contributed by atoms with Crippen molar-refractivity contribution < 1.29 is 9.90 Å². The third-order valence-corrected chi connectivity index (χ3v) is 6.28. The summed E-state index contributed by atoms with van der Waals surface area (Å²) in [6.07, 6.45) is 4.76. The highest BCUT2D eigenvalue weighted by Crippen LogP contribution is 2.34. The Hall–Kier alpha value is -2.48. The van der Waals surface area contributed by atoms with Crippen molar-refractivity contribution >= 4 is 34.8 Å². The van der Waals surface area contributed by atoms with Crippen LogP contribution in [0.4, 0.5) is 5.82 Å². The summed E-state index contributed by atoms with van der Waals surface area (Å²) in [6.45, 7) is 2.76. The first kappa shape index (κ1) is 21.7. The largest absolute Gasteiger partial charge is 0.396 e. The lowest BCUT2D eigenvalue weighted by atomic mass is 10.00. The number of anilines is 1. The van der Waals surface area contributed by atoms with Gasteiger partial charge in [-0.15, -0.1) is 0 Å². The monoisotopic (exact) mass is 459 g/mol. The Balaban J connectivity index is 1.54. The zero-order valence-corrected chi connectivity index (χ0v) is 18.5. The van der Waals surface area contributed by atoms with E-state index < -0.39 is 0 Å². The molecule has 0 amide bonds. The minimum Gasteiger partial charge on any atom is -0.396 e. The summed E-state index contributed by atoms with van der Waals surface area (Å²) in [6, 6.07) is 9.24. The minimum atomic E-state index is -0.345. The van der Waals surface area contributed by atoms with Gasteiger partial charge in [0.2, 0.25) is 5.78 Å². The van der Waals surface area contributed by atoms with Crippen molar-refractivity contribution in [3.63, 3.8) is 0 Å². The fraction of sp³-hybridized carbons (Fsp3) is 0.364. The Bertz CT molecular complexity index is 1090. The van der Waals surface area contributed by atoms with Crippen LogP contribution in [0.15, 0.2) is 42.9 Å². The van der Waals surface area contributed by atoms with Gasteiger partial charge in [0.15, 0.2) is 0 Å². The van der Waals surface area contributed by atoms with Crippen LogP contribution in [0.1, 0.15) is 41.4 Å². The summed E-state index contributed by atoms with van der Waals surface area (Å²) in [7, 11) is 0. The fourth-order valence-electron chi connectivity index (χ4n) is 4.10. The zero-order valence-electron chi connectivity index (χ0n) is 17.0. The number of aliphatic hydroxyl groups is 1. The Labute approximate surface area is 190 Å². The molecule has 1 aromatic carbocycles. The predicted molar refractivity (Wildman–Crippen MR) is 120 cm³/mol. The van der Waals surface area contributed by atoms with Gasteiger partial charge in [-0.25, -0.2) is 9.97 Å². The maximum atomic E-state index is 13.2. The Morgan fingerprint density at radius 2 is 2.10 bits per heavy atom. The molecule has 3 atom stereocenters. The van der Waals surface area contributed by atoms with E-state index in [1.165, 1.54) is 6.33 Å². The maximum absolute atomic E-state index is 13.2. The van der Waals surface area contributed by atoms with Crippen LogP contribution in [0.5, 0.6) is 0 Å². The number of carbonyl (C=O) groups is 1.